The minimum atomic E-state index is -0.0206. The fourth-order valence-electron chi connectivity index (χ4n) is 1.69. The number of nitrogens with zero attached hydrogens (tertiary/aromatic N) is 2. The second-order valence-corrected chi connectivity index (χ2v) is 4.21. The van der Waals surface area contributed by atoms with Crippen molar-refractivity contribution in [2.24, 2.45) is 10.9 Å². The van der Waals surface area contributed by atoms with E-state index < -0.39 is 0 Å². The van der Waals surface area contributed by atoms with E-state index in [4.69, 9.17) is 15.7 Å². The predicted molar refractivity (Wildman–Crippen MR) is 72.7 cm³/mol. The van der Waals surface area contributed by atoms with Gasteiger partial charge in [0.25, 0.3) is 0 Å². The second kappa shape index (κ2) is 5.39. The molecule has 0 bridgehead atoms. The maximum atomic E-state index is 8.82. The Hall–Kier alpha value is -2.56. The van der Waals surface area contributed by atoms with Gasteiger partial charge in [-0.2, -0.15) is 0 Å². The van der Waals surface area contributed by atoms with Gasteiger partial charge in [-0.05, 0) is 37.6 Å². The zero-order valence-electron chi connectivity index (χ0n) is 10.8. The number of aromatic nitrogens is 1. The first-order valence-electron chi connectivity index (χ1n) is 5.80. The van der Waals surface area contributed by atoms with Crippen LogP contribution in [0.3, 0.4) is 0 Å². The fourth-order valence-corrected chi connectivity index (χ4v) is 1.69. The fraction of sp³-hybridized carbons (Fsp3) is 0.143. The number of ether oxygens (including phenoxy) is 1. The zero-order valence-corrected chi connectivity index (χ0v) is 10.8. The van der Waals surface area contributed by atoms with Crippen molar-refractivity contribution >= 4 is 5.84 Å². The first-order valence-corrected chi connectivity index (χ1v) is 5.80. The highest BCUT2D eigenvalue weighted by Gasteiger charge is 2.13. The Balaban J connectivity index is 2.40. The Morgan fingerprint density at radius 2 is 1.89 bits per heavy atom. The highest BCUT2D eigenvalue weighted by Crippen LogP contribution is 2.25. The lowest BCUT2D eigenvalue weighted by Gasteiger charge is -2.11. The molecule has 0 saturated heterocycles. The van der Waals surface area contributed by atoms with Gasteiger partial charge in [-0.3, -0.25) is 0 Å². The van der Waals surface area contributed by atoms with Crippen molar-refractivity contribution in [2.45, 2.75) is 13.8 Å². The van der Waals surface area contributed by atoms with Gasteiger partial charge in [0.2, 0.25) is 5.88 Å². The SMILES string of the molecule is Cc1ccc(Oc2nccc(C)c2/C(N)=N/O)cc1. The van der Waals surface area contributed by atoms with Crippen molar-refractivity contribution in [3.8, 4) is 11.6 Å². The molecule has 5 nitrogen and oxygen atoms in total. The third-order valence-electron chi connectivity index (χ3n) is 2.72. The number of hydrogen-bond donors (Lipinski definition) is 2. The molecule has 0 aliphatic rings. The lowest BCUT2D eigenvalue weighted by molar-refractivity contribution is 0.318. The number of pyridine rings is 1. The standard InChI is InChI=1S/C14H15N3O2/c1-9-3-5-11(6-4-9)19-14-12(13(15)17-18)10(2)7-8-16-14/h3-8,18H,1-2H3,(H2,15,17). The van der Waals surface area contributed by atoms with Gasteiger partial charge >= 0.3 is 0 Å². The van der Waals surface area contributed by atoms with Gasteiger partial charge in [0.05, 0.1) is 5.56 Å². The summed E-state index contributed by atoms with van der Waals surface area (Å²) in [4.78, 5) is 4.13. The van der Waals surface area contributed by atoms with Crippen molar-refractivity contribution in [2.75, 3.05) is 0 Å². The molecule has 19 heavy (non-hydrogen) atoms. The van der Waals surface area contributed by atoms with E-state index in [2.05, 4.69) is 10.1 Å². The lowest BCUT2D eigenvalue weighted by atomic mass is 10.1. The van der Waals surface area contributed by atoms with Crippen molar-refractivity contribution in [1.82, 2.24) is 4.98 Å². The van der Waals surface area contributed by atoms with E-state index in [9.17, 15) is 0 Å². The maximum absolute atomic E-state index is 8.82. The Morgan fingerprint density at radius 1 is 1.21 bits per heavy atom. The molecular formula is C14H15N3O2. The van der Waals surface area contributed by atoms with Crippen LogP contribution in [0.15, 0.2) is 41.7 Å². The van der Waals surface area contributed by atoms with Crippen LogP contribution in [0, 0.1) is 13.8 Å². The summed E-state index contributed by atoms with van der Waals surface area (Å²) in [5.41, 5.74) is 8.11. The number of hydrogen-bond acceptors (Lipinski definition) is 4. The van der Waals surface area contributed by atoms with Crippen molar-refractivity contribution in [3.05, 3.63) is 53.2 Å². The smallest absolute Gasteiger partial charge is 0.230 e. The Bertz CT molecular complexity index is 607. The van der Waals surface area contributed by atoms with E-state index in [0.717, 1.165) is 11.1 Å². The third-order valence-corrected chi connectivity index (χ3v) is 2.72. The molecule has 1 aromatic carbocycles. The first-order chi connectivity index (χ1) is 9.11. The molecule has 0 atom stereocenters. The molecule has 2 rings (SSSR count). The van der Waals surface area contributed by atoms with Crippen molar-refractivity contribution < 1.29 is 9.94 Å². The number of nitrogens with two attached hydrogens (primary N) is 1. The third kappa shape index (κ3) is 2.82. The summed E-state index contributed by atoms with van der Waals surface area (Å²) in [5.74, 6) is 0.947. The Labute approximate surface area is 111 Å². The molecule has 1 heterocycles. The van der Waals surface area contributed by atoms with E-state index in [1.54, 1.807) is 12.3 Å². The molecule has 0 radical (unpaired) electrons. The normalized spacial score (nSPS) is 11.4. The van der Waals surface area contributed by atoms with Crippen LogP contribution in [0.1, 0.15) is 16.7 Å². The minimum absolute atomic E-state index is 0.0206. The minimum Gasteiger partial charge on any atom is -0.438 e. The summed E-state index contributed by atoms with van der Waals surface area (Å²) in [5, 5.41) is 11.8. The average molecular weight is 257 g/mol. The maximum Gasteiger partial charge on any atom is 0.230 e. The van der Waals surface area contributed by atoms with Gasteiger partial charge in [-0.25, -0.2) is 4.98 Å². The van der Waals surface area contributed by atoms with Crippen molar-refractivity contribution in [3.63, 3.8) is 0 Å². The summed E-state index contributed by atoms with van der Waals surface area (Å²) >= 11 is 0. The lowest BCUT2D eigenvalue weighted by Crippen LogP contribution is -2.16. The van der Waals surface area contributed by atoms with Gasteiger partial charge in [0.1, 0.15) is 5.75 Å². The highest BCUT2D eigenvalue weighted by atomic mass is 16.5. The van der Waals surface area contributed by atoms with Gasteiger partial charge in [0, 0.05) is 6.20 Å². The molecule has 3 N–H and O–H groups in total. The largest absolute Gasteiger partial charge is 0.438 e. The van der Waals surface area contributed by atoms with E-state index in [0.29, 0.717) is 17.2 Å². The molecule has 0 spiro atoms. The van der Waals surface area contributed by atoms with E-state index in [1.807, 2.05) is 38.1 Å². The van der Waals surface area contributed by atoms with Crippen LogP contribution < -0.4 is 10.5 Å². The van der Waals surface area contributed by atoms with Crippen LogP contribution in [-0.4, -0.2) is 16.0 Å². The predicted octanol–water partition coefficient (Wildman–Crippen LogP) is 2.59. The summed E-state index contributed by atoms with van der Waals surface area (Å²) < 4.78 is 5.69. The van der Waals surface area contributed by atoms with E-state index >= 15 is 0 Å². The van der Waals surface area contributed by atoms with Gasteiger partial charge in [0.15, 0.2) is 5.84 Å². The summed E-state index contributed by atoms with van der Waals surface area (Å²) in [6, 6.07) is 9.34. The zero-order chi connectivity index (χ0) is 13.8. The molecule has 0 unspecified atom stereocenters. The molecule has 5 heteroatoms. The van der Waals surface area contributed by atoms with Crippen LogP contribution in [0.2, 0.25) is 0 Å². The van der Waals surface area contributed by atoms with E-state index in [-0.39, 0.29) is 5.84 Å². The highest BCUT2D eigenvalue weighted by molar-refractivity contribution is 6.00. The molecule has 0 fully saturated rings. The average Bonchev–Trinajstić information content (AvgIpc) is 2.41. The van der Waals surface area contributed by atoms with Crippen LogP contribution in [-0.2, 0) is 0 Å². The molecule has 1 aromatic heterocycles. The first kappa shape index (κ1) is 12.9. The monoisotopic (exact) mass is 257 g/mol. The molecule has 0 amide bonds. The number of benzene rings is 1. The molecule has 0 saturated carbocycles. The second-order valence-electron chi connectivity index (χ2n) is 4.21. The quantitative estimate of drug-likeness (QED) is 0.383. The van der Waals surface area contributed by atoms with Crippen LogP contribution in [0.4, 0.5) is 0 Å². The molecule has 2 aromatic rings. The summed E-state index contributed by atoms with van der Waals surface area (Å²) in [6.07, 6.45) is 1.62. The number of aryl methyl sites for hydroxylation is 2. The van der Waals surface area contributed by atoms with Crippen molar-refractivity contribution in [1.29, 1.82) is 0 Å². The topological polar surface area (TPSA) is 80.7 Å². The van der Waals surface area contributed by atoms with Gasteiger partial charge in [-0.1, -0.05) is 22.9 Å². The van der Waals surface area contributed by atoms with Crippen LogP contribution >= 0.6 is 0 Å². The van der Waals surface area contributed by atoms with Gasteiger partial charge < -0.3 is 15.7 Å². The summed E-state index contributed by atoms with van der Waals surface area (Å²) in [6.45, 7) is 3.84. The Kier molecular flexibility index (Phi) is 3.66. The molecule has 98 valence electrons. The van der Waals surface area contributed by atoms with Gasteiger partial charge in [-0.15, -0.1) is 0 Å². The molecule has 0 aliphatic heterocycles. The molecule has 0 aliphatic carbocycles. The number of amidine groups is 1. The molecular weight excluding hydrogens is 242 g/mol. The summed E-state index contributed by atoms with van der Waals surface area (Å²) in [7, 11) is 0. The van der Waals surface area contributed by atoms with E-state index in [1.165, 1.54) is 0 Å². The van der Waals surface area contributed by atoms with Crippen LogP contribution in [0.25, 0.3) is 0 Å². The Morgan fingerprint density at radius 3 is 2.53 bits per heavy atom. The number of rotatable bonds is 3. The number of oxime groups is 1. The van der Waals surface area contributed by atoms with Crippen LogP contribution in [0.5, 0.6) is 11.6 Å².